The summed E-state index contributed by atoms with van der Waals surface area (Å²) < 4.78 is 7.28. The summed E-state index contributed by atoms with van der Waals surface area (Å²) in [4.78, 5) is 17.3. The molecule has 3 rings (SSSR count). The van der Waals surface area contributed by atoms with Crippen molar-refractivity contribution < 1.29 is 14.6 Å². The molecule has 5 nitrogen and oxygen atoms in total. The largest absolute Gasteiger partial charge is 0.466 e. The van der Waals surface area contributed by atoms with Gasteiger partial charge in [0.1, 0.15) is 11.4 Å². The monoisotopic (exact) mass is 418 g/mol. The van der Waals surface area contributed by atoms with Gasteiger partial charge in [0.05, 0.1) is 24.4 Å². The van der Waals surface area contributed by atoms with Crippen LogP contribution in [-0.4, -0.2) is 27.2 Å². The molecule has 1 aliphatic carbocycles. The number of benzene rings is 1. The number of carbonyl (C=O) groups excluding carboxylic acids is 1. The first-order valence-corrected chi connectivity index (χ1v) is 10.7. The number of nitrogens with zero attached hydrogens (tertiary/aromatic N) is 2. The number of hydrogen-bond donors (Lipinski definition) is 1. The van der Waals surface area contributed by atoms with E-state index in [2.05, 4.69) is 25.3 Å². The van der Waals surface area contributed by atoms with Gasteiger partial charge in [-0.25, -0.2) is 4.98 Å². The van der Waals surface area contributed by atoms with E-state index >= 15 is 0 Å². The number of imidazole rings is 1. The highest BCUT2D eigenvalue weighted by Crippen LogP contribution is 2.40. The molecule has 0 saturated heterocycles. The Labute approximate surface area is 178 Å². The third-order valence-electron chi connectivity index (χ3n) is 5.40. The second-order valence-electron chi connectivity index (χ2n) is 8.91. The number of aryl methyl sites for hydroxylation is 1. The number of ether oxygens (including phenoxy) is 1. The second-order valence-corrected chi connectivity index (χ2v) is 9.35. The highest BCUT2D eigenvalue weighted by atomic mass is 35.5. The van der Waals surface area contributed by atoms with Gasteiger partial charge in [-0.05, 0) is 50.3 Å². The molecule has 1 atom stereocenters. The molecule has 29 heavy (non-hydrogen) atoms. The number of fused-ring (bicyclic) bond motifs is 1. The van der Waals surface area contributed by atoms with Crippen LogP contribution in [0, 0.1) is 0 Å². The Hall–Kier alpha value is -1.85. The van der Waals surface area contributed by atoms with E-state index in [0.29, 0.717) is 24.6 Å². The number of rotatable bonds is 5. The molecule has 1 aromatic heterocycles. The van der Waals surface area contributed by atoms with Crippen molar-refractivity contribution in [1.82, 2.24) is 9.55 Å². The average molecular weight is 419 g/mol. The molecule has 0 amide bonds. The lowest BCUT2D eigenvalue weighted by molar-refractivity contribution is -0.149. The Morgan fingerprint density at radius 1 is 1.28 bits per heavy atom. The zero-order valence-corrected chi connectivity index (χ0v) is 18.6. The Morgan fingerprint density at radius 2 is 1.97 bits per heavy atom. The van der Waals surface area contributed by atoms with Crippen molar-refractivity contribution in [2.75, 3.05) is 6.61 Å². The van der Waals surface area contributed by atoms with Crippen LogP contribution in [0.4, 0.5) is 0 Å². The third-order valence-corrected chi connectivity index (χ3v) is 5.65. The summed E-state index contributed by atoms with van der Waals surface area (Å²) in [5, 5.41) is 12.4. The van der Waals surface area contributed by atoms with Crippen LogP contribution in [0.1, 0.15) is 76.2 Å². The molecule has 0 fully saturated rings. The lowest BCUT2D eigenvalue weighted by Gasteiger charge is -2.30. The molecular formula is C23H31ClN2O3. The molecule has 2 aromatic rings. The van der Waals surface area contributed by atoms with E-state index in [1.54, 1.807) is 6.92 Å². The maximum absolute atomic E-state index is 12.3. The molecule has 0 spiro atoms. The van der Waals surface area contributed by atoms with Crippen molar-refractivity contribution in [3.8, 4) is 0 Å². The fourth-order valence-corrected chi connectivity index (χ4v) is 4.27. The summed E-state index contributed by atoms with van der Waals surface area (Å²) in [5.74, 6) is 0.543. The lowest BCUT2D eigenvalue weighted by atomic mass is 9.89. The fourth-order valence-electron chi connectivity index (χ4n) is 4.15. The van der Waals surface area contributed by atoms with E-state index in [-0.39, 0.29) is 17.8 Å². The van der Waals surface area contributed by atoms with Crippen LogP contribution in [0.3, 0.4) is 0 Å². The average Bonchev–Trinajstić information content (AvgIpc) is 2.92. The molecule has 6 heteroatoms. The number of aliphatic hydroxyl groups is 1. The van der Waals surface area contributed by atoms with Crippen LogP contribution in [0.15, 0.2) is 24.3 Å². The Kier molecular flexibility index (Phi) is 6.39. The molecule has 158 valence electrons. The maximum atomic E-state index is 12.3. The number of aromatic nitrogens is 2. The van der Waals surface area contributed by atoms with Gasteiger partial charge in [-0.1, -0.05) is 44.5 Å². The van der Waals surface area contributed by atoms with Crippen molar-refractivity contribution in [3.05, 3.63) is 52.1 Å². The van der Waals surface area contributed by atoms with Crippen LogP contribution in [0.2, 0.25) is 5.02 Å². The fraction of sp³-hybridized carbons (Fsp3) is 0.565. The molecule has 1 unspecified atom stereocenters. The van der Waals surface area contributed by atoms with Crippen LogP contribution in [-0.2, 0) is 33.5 Å². The van der Waals surface area contributed by atoms with Gasteiger partial charge < -0.3 is 14.4 Å². The summed E-state index contributed by atoms with van der Waals surface area (Å²) in [6, 6.07) is 7.71. The molecule has 0 radical (unpaired) electrons. The maximum Gasteiger partial charge on any atom is 0.309 e. The predicted octanol–water partition coefficient (Wildman–Crippen LogP) is 4.75. The minimum absolute atomic E-state index is 0.0519. The second kappa shape index (κ2) is 8.49. The van der Waals surface area contributed by atoms with E-state index in [1.165, 1.54) is 0 Å². The zero-order chi connectivity index (χ0) is 21.2. The van der Waals surface area contributed by atoms with Gasteiger partial charge in [-0.15, -0.1) is 0 Å². The first-order valence-electron chi connectivity index (χ1n) is 10.4. The van der Waals surface area contributed by atoms with Crippen LogP contribution in [0.25, 0.3) is 0 Å². The van der Waals surface area contributed by atoms with Gasteiger partial charge in [-0.3, -0.25) is 4.79 Å². The molecule has 1 N–H and O–H groups in total. The van der Waals surface area contributed by atoms with Crippen molar-refractivity contribution in [2.24, 2.45) is 0 Å². The number of carbonyl (C=O) groups is 1. The quantitative estimate of drug-likeness (QED) is 0.562. The van der Waals surface area contributed by atoms with Crippen LogP contribution >= 0.6 is 11.6 Å². The summed E-state index contributed by atoms with van der Waals surface area (Å²) in [7, 11) is 0. The lowest BCUT2D eigenvalue weighted by Crippen LogP contribution is -2.34. The molecule has 0 bridgehead atoms. The third kappa shape index (κ3) is 4.84. The summed E-state index contributed by atoms with van der Waals surface area (Å²) in [6.07, 6.45) is 3.06. The van der Waals surface area contributed by atoms with Crippen molar-refractivity contribution >= 4 is 17.6 Å². The van der Waals surface area contributed by atoms with E-state index in [4.69, 9.17) is 21.3 Å². The van der Waals surface area contributed by atoms with E-state index in [9.17, 15) is 9.90 Å². The van der Waals surface area contributed by atoms with Gasteiger partial charge in [-0.2, -0.15) is 0 Å². The van der Waals surface area contributed by atoms with Crippen molar-refractivity contribution in [2.45, 2.75) is 77.4 Å². The Bertz CT molecular complexity index is 867. The standard InChI is InChI=1S/C23H31ClN2O3/c1-5-29-19(27)14-23(28)13-7-6-8-18-20(23)26(21(25-18)22(2,3)4)15-16-9-11-17(24)12-10-16/h9-12,28H,5-8,13-15H2,1-4H3. The smallest absolute Gasteiger partial charge is 0.309 e. The number of hydrogen-bond acceptors (Lipinski definition) is 4. The first kappa shape index (κ1) is 21.8. The molecule has 1 aliphatic rings. The van der Waals surface area contributed by atoms with Gasteiger partial charge >= 0.3 is 5.97 Å². The van der Waals surface area contributed by atoms with Gasteiger partial charge in [0.25, 0.3) is 0 Å². The molecule has 0 aliphatic heterocycles. The topological polar surface area (TPSA) is 64.3 Å². The highest BCUT2D eigenvalue weighted by molar-refractivity contribution is 6.30. The number of halogens is 1. The van der Waals surface area contributed by atoms with Crippen molar-refractivity contribution in [1.29, 1.82) is 0 Å². The molecule has 1 aromatic carbocycles. The normalized spacial score (nSPS) is 19.5. The van der Waals surface area contributed by atoms with Crippen LogP contribution in [0.5, 0.6) is 0 Å². The van der Waals surface area contributed by atoms with E-state index < -0.39 is 5.60 Å². The van der Waals surface area contributed by atoms with Crippen molar-refractivity contribution in [3.63, 3.8) is 0 Å². The van der Waals surface area contributed by atoms with Gasteiger partial charge in [0.15, 0.2) is 0 Å². The minimum atomic E-state index is -1.28. The Balaban J connectivity index is 2.13. The van der Waals surface area contributed by atoms with E-state index in [1.807, 2.05) is 24.3 Å². The zero-order valence-electron chi connectivity index (χ0n) is 17.8. The predicted molar refractivity (Wildman–Crippen MR) is 114 cm³/mol. The minimum Gasteiger partial charge on any atom is -0.466 e. The molecular weight excluding hydrogens is 388 g/mol. The van der Waals surface area contributed by atoms with E-state index in [0.717, 1.165) is 42.0 Å². The number of esters is 1. The van der Waals surface area contributed by atoms with Crippen LogP contribution < -0.4 is 0 Å². The summed E-state index contributed by atoms with van der Waals surface area (Å²) in [6.45, 7) is 9.02. The Morgan fingerprint density at radius 3 is 2.59 bits per heavy atom. The highest BCUT2D eigenvalue weighted by Gasteiger charge is 2.41. The molecule has 0 saturated carbocycles. The molecule has 1 heterocycles. The SMILES string of the molecule is CCOC(=O)CC1(O)CCCCc2nc(C(C)(C)C)n(Cc3ccc(Cl)cc3)c21. The van der Waals surface area contributed by atoms with Gasteiger partial charge in [0.2, 0.25) is 0 Å². The summed E-state index contributed by atoms with van der Waals surface area (Å²) >= 11 is 6.06. The summed E-state index contributed by atoms with van der Waals surface area (Å²) in [5.41, 5.74) is 1.25. The van der Waals surface area contributed by atoms with Gasteiger partial charge in [0, 0.05) is 17.0 Å². The first-order chi connectivity index (χ1) is 13.6.